The predicted octanol–water partition coefficient (Wildman–Crippen LogP) is -1.21. The molecule has 0 aromatic heterocycles. The average Bonchev–Trinajstić information content (AvgIpc) is 2.37. The van der Waals surface area contributed by atoms with Crippen molar-refractivity contribution in [2.45, 2.75) is 6.42 Å². The summed E-state index contributed by atoms with van der Waals surface area (Å²) in [7, 11) is 0. The highest BCUT2D eigenvalue weighted by Gasteiger charge is 2.25. The molecule has 1 aliphatic rings. The minimum absolute atomic E-state index is 0.00144. The number of primary amides is 1. The van der Waals surface area contributed by atoms with Gasteiger partial charge in [0, 0.05) is 13.1 Å². The second kappa shape index (κ2) is 3.69. The number of amides is 1. The molecule has 0 bridgehead atoms. The summed E-state index contributed by atoms with van der Waals surface area (Å²) in [5, 5.41) is 8.59. The Kier molecular flexibility index (Phi) is 2.84. The summed E-state index contributed by atoms with van der Waals surface area (Å²) in [4.78, 5) is 12.7. The molecule has 1 atom stereocenters. The Morgan fingerprint density at radius 1 is 1.73 bits per heavy atom. The fourth-order valence-corrected chi connectivity index (χ4v) is 1.41. The van der Waals surface area contributed by atoms with Crippen LogP contribution >= 0.6 is 0 Å². The number of nitrogens with two attached hydrogens (primary N) is 1. The third-order valence-electron chi connectivity index (χ3n) is 2.09. The topological polar surface area (TPSA) is 66.6 Å². The maximum absolute atomic E-state index is 10.7. The van der Waals surface area contributed by atoms with E-state index in [4.69, 9.17) is 10.8 Å². The Balaban J connectivity index is 2.29. The Morgan fingerprint density at radius 2 is 2.45 bits per heavy atom. The minimum atomic E-state index is -0.217. The summed E-state index contributed by atoms with van der Waals surface area (Å²) in [5.74, 6) is -0.216. The van der Waals surface area contributed by atoms with Crippen molar-refractivity contribution in [1.29, 1.82) is 0 Å². The minimum Gasteiger partial charge on any atom is -0.395 e. The number of aliphatic hydroxyl groups excluding tert-OH is 1. The van der Waals surface area contributed by atoms with E-state index in [2.05, 4.69) is 4.90 Å². The molecular formula is C7H14N2O2. The summed E-state index contributed by atoms with van der Waals surface area (Å²) in [6.07, 6.45) is 0.843. The molecule has 1 fully saturated rings. The summed E-state index contributed by atoms with van der Waals surface area (Å²) in [6, 6.07) is 0. The number of β-amino-alcohol motifs (C(OH)–C–C–N with tert-alkyl or cyclic N) is 1. The Bertz CT molecular complexity index is 149. The fraction of sp³-hybridized carbons (Fsp3) is 0.857. The second-order valence-corrected chi connectivity index (χ2v) is 2.91. The summed E-state index contributed by atoms with van der Waals surface area (Å²) >= 11 is 0. The maximum Gasteiger partial charge on any atom is 0.221 e. The average molecular weight is 158 g/mol. The zero-order valence-corrected chi connectivity index (χ0v) is 6.49. The van der Waals surface area contributed by atoms with Gasteiger partial charge in [-0.3, -0.25) is 4.79 Å². The van der Waals surface area contributed by atoms with Crippen molar-refractivity contribution in [3.63, 3.8) is 0 Å². The van der Waals surface area contributed by atoms with Gasteiger partial charge in [-0.15, -0.1) is 0 Å². The molecule has 0 saturated carbocycles. The number of hydrogen-bond acceptors (Lipinski definition) is 3. The molecule has 1 saturated heterocycles. The van der Waals surface area contributed by atoms with Gasteiger partial charge in [0.1, 0.15) is 0 Å². The lowest BCUT2D eigenvalue weighted by Crippen LogP contribution is -2.28. The maximum atomic E-state index is 10.7. The number of aliphatic hydroxyl groups is 1. The Labute approximate surface area is 66.0 Å². The highest BCUT2D eigenvalue weighted by Crippen LogP contribution is 2.14. The lowest BCUT2D eigenvalue weighted by atomic mass is 10.1. The van der Waals surface area contributed by atoms with Crippen LogP contribution in [0.25, 0.3) is 0 Å². The van der Waals surface area contributed by atoms with Crippen molar-refractivity contribution in [2.24, 2.45) is 11.7 Å². The number of carbonyl (C=O) groups is 1. The van der Waals surface area contributed by atoms with Crippen LogP contribution in [0.1, 0.15) is 6.42 Å². The van der Waals surface area contributed by atoms with Crippen molar-refractivity contribution in [1.82, 2.24) is 4.90 Å². The van der Waals surface area contributed by atoms with Crippen LogP contribution in [0.2, 0.25) is 0 Å². The molecule has 0 aromatic carbocycles. The molecular weight excluding hydrogens is 144 g/mol. The molecule has 4 nitrogen and oxygen atoms in total. The van der Waals surface area contributed by atoms with Gasteiger partial charge in [-0.1, -0.05) is 0 Å². The van der Waals surface area contributed by atoms with E-state index < -0.39 is 0 Å². The van der Waals surface area contributed by atoms with Crippen LogP contribution in [0.3, 0.4) is 0 Å². The van der Waals surface area contributed by atoms with Gasteiger partial charge in [0.15, 0.2) is 0 Å². The number of hydrogen-bond donors (Lipinski definition) is 2. The molecule has 11 heavy (non-hydrogen) atoms. The molecule has 0 aromatic rings. The highest BCUT2D eigenvalue weighted by atomic mass is 16.3. The molecule has 3 N–H and O–H groups in total. The van der Waals surface area contributed by atoms with Crippen LogP contribution in [-0.4, -0.2) is 42.2 Å². The fourth-order valence-electron chi connectivity index (χ4n) is 1.41. The SMILES string of the molecule is NC(=O)C1CCN(CCO)C1. The van der Waals surface area contributed by atoms with Crippen LogP contribution in [0.4, 0.5) is 0 Å². The van der Waals surface area contributed by atoms with Gasteiger partial charge in [-0.05, 0) is 13.0 Å². The van der Waals surface area contributed by atoms with E-state index in [1.165, 1.54) is 0 Å². The van der Waals surface area contributed by atoms with E-state index in [-0.39, 0.29) is 18.4 Å². The predicted molar refractivity (Wildman–Crippen MR) is 40.8 cm³/mol. The summed E-state index contributed by atoms with van der Waals surface area (Å²) in [6.45, 7) is 2.42. The van der Waals surface area contributed by atoms with Crippen LogP contribution in [0.15, 0.2) is 0 Å². The number of rotatable bonds is 3. The van der Waals surface area contributed by atoms with Crippen molar-refractivity contribution in [3.8, 4) is 0 Å². The number of nitrogens with zero attached hydrogens (tertiary/aromatic N) is 1. The van der Waals surface area contributed by atoms with Crippen LogP contribution < -0.4 is 5.73 Å². The van der Waals surface area contributed by atoms with Crippen LogP contribution in [-0.2, 0) is 4.79 Å². The first-order chi connectivity index (χ1) is 5.24. The zero-order valence-electron chi connectivity index (χ0n) is 6.49. The standard InChI is InChI=1S/C7H14N2O2/c8-7(11)6-1-2-9(5-6)3-4-10/h6,10H,1-5H2,(H2,8,11). The van der Waals surface area contributed by atoms with Gasteiger partial charge in [-0.2, -0.15) is 0 Å². The molecule has 0 spiro atoms. The molecule has 0 aliphatic carbocycles. The van der Waals surface area contributed by atoms with E-state index in [9.17, 15) is 4.79 Å². The summed E-state index contributed by atoms with van der Waals surface area (Å²) < 4.78 is 0. The molecule has 4 heteroatoms. The van der Waals surface area contributed by atoms with E-state index in [0.29, 0.717) is 6.54 Å². The van der Waals surface area contributed by atoms with E-state index in [1.807, 2.05) is 0 Å². The monoisotopic (exact) mass is 158 g/mol. The van der Waals surface area contributed by atoms with Crippen molar-refractivity contribution in [2.75, 3.05) is 26.2 Å². The zero-order chi connectivity index (χ0) is 8.27. The normalized spacial score (nSPS) is 25.7. The highest BCUT2D eigenvalue weighted by molar-refractivity contribution is 5.77. The Morgan fingerprint density at radius 3 is 2.91 bits per heavy atom. The van der Waals surface area contributed by atoms with Gasteiger partial charge in [0.25, 0.3) is 0 Å². The first-order valence-electron chi connectivity index (χ1n) is 3.86. The molecule has 1 amide bonds. The van der Waals surface area contributed by atoms with Gasteiger partial charge in [-0.25, -0.2) is 0 Å². The first-order valence-corrected chi connectivity index (χ1v) is 3.86. The van der Waals surface area contributed by atoms with Crippen LogP contribution in [0, 0.1) is 5.92 Å². The van der Waals surface area contributed by atoms with Gasteiger partial charge in [0.2, 0.25) is 5.91 Å². The largest absolute Gasteiger partial charge is 0.395 e. The van der Waals surface area contributed by atoms with E-state index in [1.54, 1.807) is 0 Å². The van der Waals surface area contributed by atoms with E-state index in [0.717, 1.165) is 19.5 Å². The molecule has 1 rings (SSSR count). The molecule has 0 radical (unpaired) electrons. The molecule has 1 aliphatic heterocycles. The molecule has 64 valence electrons. The van der Waals surface area contributed by atoms with Gasteiger partial charge >= 0.3 is 0 Å². The third kappa shape index (κ3) is 2.17. The third-order valence-corrected chi connectivity index (χ3v) is 2.09. The lowest BCUT2D eigenvalue weighted by molar-refractivity contribution is -0.121. The smallest absolute Gasteiger partial charge is 0.221 e. The molecule has 1 heterocycles. The van der Waals surface area contributed by atoms with E-state index >= 15 is 0 Å². The molecule has 1 unspecified atom stereocenters. The van der Waals surface area contributed by atoms with Crippen molar-refractivity contribution in [3.05, 3.63) is 0 Å². The van der Waals surface area contributed by atoms with Gasteiger partial charge < -0.3 is 15.7 Å². The first kappa shape index (κ1) is 8.49. The number of carbonyl (C=O) groups excluding carboxylic acids is 1. The number of likely N-dealkylation sites (tertiary alicyclic amines) is 1. The second-order valence-electron chi connectivity index (χ2n) is 2.91. The lowest BCUT2D eigenvalue weighted by Gasteiger charge is -2.12. The summed E-state index contributed by atoms with van der Waals surface area (Å²) in [5.41, 5.74) is 5.13. The van der Waals surface area contributed by atoms with Crippen molar-refractivity contribution >= 4 is 5.91 Å². The Hall–Kier alpha value is -0.610. The quantitative estimate of drug-likeness (QED) is 0.541. The van der Waals surface area contributed by atoms with Gasteiger partial charge in [0.05, 0.1) is 12.5 Å². The van der Waals surface area contributed by atoms with Crippen molar-refractivity contribution < 1.29 is 9.90 Å². The van der Waals surface area contributed by atoms with Crippen LogP contribution in [0.5, 0.6) is 0 Å².